The summed E-state index contributed by atoms with van der Waals surface area (Å²) >= 11 is 0. The van der Waals surface area contributed by atoms with Crippen LogP contribution in [0, 0.1) is 5.92 Å². The fraction of sp³-hybridized carbons (Fsp3) is 0.706. The van der Waals surface area contributed by atoms with Gasteiger partial charge in [-0.1, -0.05) is 0 Å². The van der Waals surface area contributed by atoms with E-state index in [1.807, 2.05) is 0 Å². The summed E-state index contributed by atoms with van der Waals surface area (Å²) in [6.07, 6.45) is 4.29. The first-order valence-electron chi connectivity index (χ1n) is 8.99. The van der Waals surface area contributed by atoms with Gasteiger partial charge in [-0.15, -0.1) is 0 Å². The lowest BCUT2D eigenvalue weighted by molar-refractivity contribution is -0.117. The third-order valence-corrected chi connectivity index (χ3v) is 5.09. The van der Waals surface area contributed by atoms with E-state index in [9.17, 15) is 4.79 Å². The van der Waals surface area contributed by atoms with E-state index in [-0.39, 0.29) is 24.4 Å². The van der Waals surface area contributed by atoms with Crippen LogP contribution in [0.5, 0.6) is 6.01 Å². The van der Waals surface area contributed by atoms with Gasteiger partial charge in [0.1, 0.15) is 18.2 Å². The van der Waals surface area contributed by atoms with Crippen molar-refractivity contribution in [2.24, 2.45) is 5.92 Å². The molecule has 2 saturated heterocycles. The molecule has 2 N–H and O–H groups in total. The zero-order valence-corrected chi connectivity index (χ0v) is 14.3. The number of aromatic nitrogens is 2. The molecule has 0 aliphatic carbocycles. The molecule has 136 valence electrons. The van der Waals surface area contributed by atoms with Crippen LogP contribution in [-0.2, 0) is 20.7 Å². The van der Waals surface area contributed by atoms with Gasteiger partial charge in [0.2, 0.25) is 5.91 Å². The Balaban J connectivity index is 1.49. The van der Waals surface area contributed by atoms with Crippen LogP contribution in [0.25, 0.3) is 0 Å². The predicted molar refractivity (Wildman–Crippen MR) is 90.5 cm³/mol. The van der Waals surface area contributed by atoms with Gasteiger partial charge < -0.3 is 19.9 Å². The molecule has 1 aromatic heterocycles. The monoisotopic (exact) mass is 348 g/mol. The molecule has 0 saturated carbocycles. The van der Waals surface area contributed by atoms with E-state index in [1.54, 1.807) is 4.90 Å². The molecule has 0 aromatic carbocycles. The van der Waals surface area contributed by atoms with Crippen molar-refractivity contribution < 1.29 is 19.0 Å². The SMILES string of the molecule is Nc1nc(OCC2CCCO2)nc2c1CC(=O)N2CC1CCOCC1. The summed E-state index contributed by atoms with van der Waals surface area (Å²) < 4.78 is 16.6. The van der Waals surface area contributed by atoms with Gasteiger partial charge in [0.15, 0.2) is 0 Å². The molecule has 8 nitrogen and oxygen atoms in total. The number of nitrogens with two attached hydrogens (primary N) is 1. The molecule has 25 heavy (non-hydrogen) atoms. The van der Waals surface area contributed by atoms with Crippen LogP contribution in [0.4, 0.5) is 11.6 Å². The number of nitrogen functional groups attached to an aromatic ring is 1. The predicted octanol–water partition coefficient (Wildman–Crippen LogP) is 0.932. The molecule has 8 heteroatoms. The second-order valence-corrected chi connectivity index (χ2v) is 6.88. The maximum atomic E-state index is 12.4. The van der Waals surface area contributed by atoms with Crippen LogP contribution in [-0.4, -0.2) is 55.0 Å². The van der Waals surface area contributed by atoms with Gasteiger partial charge in [-0.25, -0.2) is 0 Å². The largest absolute Gasteiger partial charge is 0.461 e. The van der Waals surface area contributed by atoms with Gasteiger partial charge in [-0.2, -0.15) is 9.97 Å². The fourth-order valence-electron chi connectivity index (χ4n) is 3.61. The molecule has 3 aliphatic heterocycles. The minimum absolute atomic E-state index is 0.0266. The van der Waals surface area contributed by atoms with Crippen molar-refractivity contribution in [2.45, 2.75) is 38.2 Å². The van der Waals surface area contributed by atoms with E-state index in [1.165, 1.54) is 0 Å². The minimum atomic E-state index is 0.0266. The van der Waals surface area contributed by atoms with Crippen molar-refractivity contribution in [1.29, 1.82) is 0 Å². The lowest BCUT2D eigenvalue weighted by atomic mass is 10.00. The topological polar surface area (TPSA) is 99.8 Å². The highest BCUT2D eigenvalue weighted by Gasteiger charge is 2.34. The number of amides is 1. The highest BCUT2D eigenvalue weighted by Crippen LogP contribution is 2.33. The van der Waals surface area contributed by atoms with Gasteiger partial charge in [-0.05, 0) is 31.6 Å². The normalized spacial score (nSPS) is 23.9. The molecule has 1 unspecified atom stereocenters. The molecule has 1 amide bonds. The number of ether oxygens (including phenoxy) is 3. The van der Waals surface area contributed by atoms with Gasteiger partial charge in [-0.3, -0.25) is 9.69 Å². The van der Waals surface area contributed by atoms with Crippen LogP contribution in [0.1, 0.15) is 31.2 Å². The number of nitrogens with zero attached hydrogens (tertiary/aromatic N) is 3. The number of hydrogen-bond acceptors (Lipinski definition) is 7. The number of anilines is 2. The summed E-state index contributed by atoms with van der Waals surface area (Å²) in [6, 6.07) is 0.221. The Morgan fingerprint density at radius 3 is 2.80 bits per heavy atom. The van der Waals surface area contributed by atoms with Gasteiger partial charge in [0.05, 0.1) is 12.5 Å². The van der Waals surface area contributed by atoms with Gasteiger partial charge in [0.25, 0.3) is 0 Å². The molecule has 4 rings (SSSR count). The molecule has 2 fully saturated rings. The zero-order valence-electron chi connectivity index (χ0n) is 14.3. The average Bonchev–Trinajstić information content (AvgIpc) is 3.24. The second-order valence-electron chi connectivity index (χ2n) is 6.88. The van der Waals surface area contributed by atoms with Crippen LogP contribution in [0.2, 0.25) is 0 Å². The third kappa shape index (κ3) is 3.55. The standard InChI is InChI=1S/C17H24N4O4/c18-15-13-8-14(22)21(9-11-3-6-23-7-4-11)16(13)20-17(19-15)25-10-12-2-1-5-24-12/h11-12H,1-10H2,(H2,18,19,20). The summed E-state index contributed by atoms with van der Waals surface area (Å²) in [5, 5.41) is 0. The highest BCUT2D eigenvalue weighted by atomic mass is 16.5. The zero-order chi connectivity index (χ0) is 17.2. The summed E-state index contributed by atoms with van der Waals surface area (Å²) in [7, 11) is 0. The molecule has 0 spiro atoms. The van der Waals surface area contributed by atoms with Gasteiger partial charge >= 0.3 is 6.01 Å². The molecular formula is C17H24N4O4. The smallest absolute Gasteiger partial charge is 0.320 e. The third-order valence-electron chi connectivity index (χ3n) is 5.09. The first-order chi connectivity index (χ1) is 12.2. The maximum Gasteiger partial charge on any atom is 0.320 e. The minimum Gasteiger partial charge on any atom is -0.461 e. The number of hydrogen-bond donors (Lipinski definition) is 1. The Kier molecular flexibility index (Phi) is 4.72. The average molecular weight is 348 g/mol. The van der Waals surface area contributed by atoms with Crippen LogP contribution < -0.4 is 15.4 Å². The summed E-state index contributed by atoms with van der Waals surface area (Å²) in [6.45, 7) is 3.33. The maximum absolute atomic E-state index is 12.4. The number of fused-ring (bicyclic) bond motifs is 1. The van der Waals surface area contributed by atoms with Crippen molar-refractivity contribution in [3.63, 3.8) is 0 Å². The molecule has 1 aromatic rings. The van der Waals surface area contributed by atoms with Crippen molar-refractivity contribution in [2.75, 3.05) is 43.6 Å². The first kappa shape index (κ1) is 16.5. The lowest BCUT2D eigenvalue weighted by Gasteiger charge is -2.27. The molecule has 4 heterocycles. The second kappa shape index (κ2) is 7.13. The number of carbonyl (C=O) groups is 1. The Morgan fingerprint density at radius 1 is 1.20 bits per heavy atom. The lowest BCUT2D eigenvalue weighted by Crippen LogP contribution is -2.35. The number of rotatable bonds is 5. The summed E-state index contributed by atoms with van der Waals surface area (Å²) in [5.41, 5.74) is 6.76. The molecule has 0 bridgehead atoms. The molecule has 1 atom stereocenters. The molecule has 3 aliphatic rings. The molecule has 0 radical (unpaired) electrons. The van der Waals surface area contributed by atoms with E-state index in [4.69, 9.17) is 19.9 Å². The van der Waals surface area contributed by atoms with Crippen LogP contribution >= 0.6 is 0 Å². The van der Waals surface area contributed by atoms with Crippen molar-refractivity contribution in [3.8, 4) is 6.01 Å². The summed E-state index contributed by atoms with van der Waals surface area (Å²) in [5.74, 6) is 1.39. The van der Waals surface area contributed by atoms with Crippen molar-refractivity contribution in [3.05, 3.63) is 5.56 Å². The Morgan fingerprint density at radius 2 is 2.04 bits per heavy atom. The fourth-order valence-corrected chi connectivity index (χ4v) is 3.61. The Hall–Kier alpha value is -1.93. The van der Waals surface area contributed by atoms with Gasteiger partial charge in [0, 0.05) is 31.9 Å². The van der Waals surface area contributed by atoms with E-state index >= 15 is 0 Å². The highest BCUT2D eigenvalue weighted by molar-refractivity contribution is 6.01. The molecular weight excluding hydrogens is 324 g/mol. The first-order valence-corrected chi connectivity index (χ1v) is 8.99. The van der Waals surface area contributed by atoms with Crippen LogP contribution in [0.3, 0.4) is 0 Å². The van der Waals surface area contributed by atoms with E-state index in [0.29, 0.717) is 36.3 Å². The van der Waals surface area contributed by atoms with Crippen molar-refractivity contribution in [1.82, 2.24) is 9.97 Å². The Bertz CT molecular complexity index is 642. The Labute approximate surface area is 146 Å². The quantitative estimate of drug-likeness (QED) is 0.845. The van der Waals surface area contributed by atoms with Crippen LogP contribution in [0.15, 0.2) is 0 Å². The summed E-state index contributed by atoms with van der Waals surface area (Å²) in [4.78, 5) is 22.9. The van der Waals surface area contributed by atoms with E-state index in [0.717, 1.165) is 45.5 Å². The van der Waals surface area contributed by atoms with E-state index in [2.05, 4.69) is 9.97 Å². The van der Waals surface area contributed by atoms with E-state index < -0.39 is 0 Å². The van der Waals surface area contributed by atoms with Crippen molar-refractivity contribution >= 4 is 17.5 Å². The number of carbonyl (C=O) groups excluding carboxylic acids is 1.